The number of piperidine rings is 1. The van der Waals surface area contributed by atoms with Crippen LogP contribution in [0.15, 0.2) is 40.9 Å². The number of aromatic nitrogens is 1. The maximum absolute atomic E-state index is 13.1. The molecule has 1 aromatic carbocycles. The lowest BCUT2D eigenvalue weighted by atomic mass is 9.78. The van der Waals surface area contributed by atoms with Crippen LogP contribution in [0.5, 0.6) is 0 Å². The average Bonchev–Trinajstić information content (AvgIpc) is 3.32. The standard InChI is InChI=1S/C21H27N3O3/c1-26-13-12-24-10-5-8-21(20(24)25)9-11-23(16-21)15-18-14-19(22-27-18)17-6-3-2-4-7-17/h2-4,6-7,14H,5,8-13,15-16H2,1H3. The molecular formula is C21H27N3O3. The second kappa shape index (κ2) is 7.82. The molecule has 2 aliphatic rings. The molecule has 144 valence electrons. The molecule has 1 aromatic heterocycles. The Kier molecular flexibility index (Phi) is 5.27. The molecule has 1 amide bonds. The number of hydrogen-bond donors (Lipinski definition) is 0. The van der Waals surface area contributed by atoms with E-state index in [1.807, 2.05) is 41.3 Å². The molecule has 0 bridgehead atoms. The van der Waals surface area contributed by atoms with Gasteiger partial charge < -0.3 is 14.2 Å². The van der Waals surface area contributed by atoms with Gasteiger partial charge in [0, 0.05) is 38.4 Å². The summed E-state index contributed by atoms with van der Waals surface area (Å²) in [5.41, 5.74) is 1.69. The zero-order valence-electron chi connectivity index (χ0n) is 15.9. The monoisotopic (exact) mass is 369 g/mol. The first kappa shape index (κ1) is 18.2. The van der Waals surface area contributed by atoms with E-state index < -0.39 is 0 Å². The second-order valence-electron chi connectivity index (χ2n) is 7.67. The number of carbonyl (C=O) groups is 1. The number of hydrogen-bond acceptors (Lipinski definition) is 5. The van der Waals surface area contributed by atoms with E-state index in [-0.39, 0.29) is 5.41 Å². The summed E-state index contributed by atoms with van der Waals surface area (Å²) in [6.45, 7) is 4.58. The largest absolute Gasteiger partial charge is 0.383 e. The summed E-state index contributed by atoms with van der Waals surface area (Å²) in [6.07, 6.45) is 2.98. The summed E-state index contributed by atoms with van der Waals surface area (Å²) >= 11 is 0. The van der Waals surface area contributed by atoms with Crippen LogP contribution in [-0.2, 0) is 16.1 Å². The van der Waals surface area contributed by atoms with Gasteiger partial charge in [-0.05, 0) is 25.8 Å². The molecule has 1 spiro atoms. The Labute approximate surface area is 160 Å². The molecule has 6 heteroatoms. The third kappa shape index (κ3) is 3.77. The van der Waals surface area contributed by atoms with Gasteiger partial charge in [-0.2, -0.15) is 0 Å². The molecule has 1 unspecified atom stereocenters. The zero-order chi connectivity index (χ0) is 18.7. The molecule has 2 saturated heterocycles. The van der Waals surface area contributed by atoms with Crippen LogP contribution < -0.4 is 0 Å². The first-order valence-electron chi connectivity index (χ1n) is 9.72. The van der Waals surface area contributed by atoms with Gasteiger partial charge in [0.1, 0.15) is 5.69 Å². The first-order valence-corrected chi connectivity index (χ1v) is 9.72. The van der Waals surface area contributed by atoms with E-state index in [9.17, 15) is 4.79 Å². The van der Waals surface area contributed by atoms with Gasteiger partial charge in [0.15, 0.2) is 5.76 Å². The fourth-order valence-corrected chi connectivity index (χ4v) is 4.39. The van der Waals surface area contributed by atoms with Gasteiger partial charge in [0.25, 0.3) is 0 Å². The number of ether oxygens (including phenoxy) is 1. The minimum atomic E-state index is -0.228. The van der Waals surface area contributed by atoms with Crippen LogP contribution in [0.2, 0.25) is 0 Å². The SMILES string of the molecule is COCCN1CCCC2(CCN(Cc3cc(-c4ccccc4)no3)C2)C1=O. The van der Waals surface area contributed by atoms with E-state index in [4.69, 9.17) is 9.26 Å². The van der Waals surface area contributed by atoms with Crippen LogP contribution in [0.1, 0.15) is 25.0 Å². The average molecular weight is 369 g/mol. The van der Waals surface area contributed by atoms with Crippen molar-refractivity contribution in [2.75, 3.05) is 39.9 Å². The van der Waals surface area contributed by atoms with Gasteiger partial charge in [0.05, 0.1) is 18.6 Å². The van der Waals surface area contributed by atoms with Crippen LogP contribution in [0.25, 0.3) is 11.3 Å². The summed E-state index contributed by atoms with van der Waals surface area (Å²) in [5.74, 6) is 1.15. The van der Waals surface area contributed by atoms with E-state index in [2.05, 4.69) is 10.1 Å². The van der Waals surface area contributed by atoms with Crippen LogP contribution in [0.3, 0.4) is 0 Å². The summed E-state index contributed by atoms with van der Waals surface area (Å²) < 4.78 is 10.7. The molecule has 0 N–H and O–H groups in total. The Morgan fingerprint density at radius 1 is 1.22 bits per heavy atom. The Balaban J connectivity index is 1.40. The lowest BCUT2D eigenvalue weighted by molar-refractivity contribution is -0.146. The summed E-state index contributed by atoms with van der Waals surface area (Å²) in [6, 6.07) is 12.1. The van der Waals surface area contributed by atoms with Gasteiger partial charge in [-0.3, -0.25) is 9.69 Å². The van der Waals surface area contributed by atoms with E-state index in [0.29, 0.717) is 25.6 Å². The highest BCUT2D eigenvalue weighted by Crippen LogP contribution is 2.40. The minimum Gasteiger partial charge on any atom is -0.383 e. The predicted molar refractivity (Wildman–Crippen MR) is 102 cm³/mol. The van der Waals surface area contributed by atoms with E-state index in [0.717, 1.165) is 55.9 Å². The topological polar surface area (TPSA) is 58.8 Å². The molecule has 0 radical (unpaired) electrons. The van der Waals surface area contributed by atoms with Crippen molar-refractivity contribution in [2.24, 2.45) is 5.41 Å². The molecule has 2 fully saturated rings. The smallest absolute Gasteiger partial charge is 0.230 e. The summed E-state index contributed by atoms with van der Waals surface area (Å²) in [4.78, 5) is 17.4. The highest BCUT2D eigenvalue weighted by atomic mass is 16.5. The van der Waals surface area contributed by atoms with Crippen molar-refractivity contribution >= 4 is 5.91 Å². The van der Waals surface area contributed by atoms with Crippen molar-refractivity contribution in [1.82, 2.24) is 15.0 Å². The number of benzene rings is 1. The molecule has 3 heterocycles. The zero-order valence-corrected chi connectivity index (χ0v) is 15.9. The maximum atomic E-state index is 13.1. The van der Waals surface area contributed by atoms with Crippen LogP contribution in [-0.4, -0.2) is 60.8 Å². The summed E-state index contributed by atoms with van der Waals surface area (Å²) in [5, 5.41) is 4.20. The van der Waals surface area contributed by atoms with E-state index >= 15 is 0 Å². The highest BCUT2D eigenvalue weighted by molar-refractivity contribution is 5.84. The third-order valence-electron chi connectivity index (χ3n) is 5.83. The number of methoxy groups -OCH3 is 1. The second-order valence-corrected chi connectivity index (χ2v) is 7.67. The Morgan fingerprint density at radius 2 is 2.07 bits per heavy atom. The molecule has 0 saturated carbocycles. The minimum absolute atomic E-state index is 0.228. The quantitative estimate of drug-likeness (QED) is 0.784. The molecule has 2 aliphatic heterocycles. The fourth-order valence-electron chi connectivity index (χ4n) is 4.39. The number of rotatable bonds is 6. The Hall–Kier alpha value is -2.18. The van der Waals surface area contributed by atoms with Crippen molar-refractivity contribution < 1.29 is 14.1 Å². The number of likely N-dealkylation sites (tertiary alicyclic amines) is 2. The molecule has 6 nitrogen and oxygen atoms in total. The highest BCUT2D eigenvalue weighted by Gasteiger charge is 2.48. The van der Waals surface area contributed by atoms with E-state index in [1.54, 1.807) is 7.11 Å². The molecule has 0 aliphatic carbocycles. The van der Waals surface area contributed by atoms with Crippen molar-refractivity contribution in [3.8, 4) is 11.3 Å². The van der Waals surface area contributed by atoms with Crippen LogP contribution in [0.4, 0.5) is 0 Å². The molecule has 27 heavy (non-hydrogen) atoms. The van der Waals surface area contributed by atoms with Crippen molar-refractivity contribution in [2.45, 2.75) is 25.8 Å². The lowest BCUT2D eigenvalue weighted by Gasteiger charge is -2.39. The normalized spacial score (nSPS) is 23.4. The first-order chi connectivity index (χ1) is 13.2. The Bertz CT molecular complexity index is 776. The predicted octanol–water partition coefficient (Wildman–Crippen LogP) is 2.80. The van der Waals surface area contributed by atoms with Crippen LogP contribution in [0, 0.1) is 5.41 Å². The third-order valence-corrected chi connectivity index (χ3v) is 5.83. The van der Waals surface area contributed by atoms with E-state index in [1.165, 1.54) is 0 Å². The Morgan fingerprint density at radius 3 is 2.89 bits per heavy atom. The van der Waals surface area contributed by atoms with Gasteiger partial charge in [-0.15, -0.1) is 0 Å². The van der Waals surface area contributed by atoms with Gasteiger partial charge >= 0.3 is 0 Å². The number of amides is 1. The molecule has 2 aromatic rings. The van der Waals surface area contributed by atoms with Gasteiger partial charge in [0.2, 0.25) is 5.91 Å². The molecular weight excluding hydrogens is 342 g/mol. The molecule has 4 rings (SSSR count). The van der Waals surface area contributed by atoms with Crippen molar-refractivity contribution in [1.29, 1.82) is 0 Å². The van der Waals surface area contributed by atoms with Gasteiger partial charge in [-0.1, -0.05) is 35.5 Å². The lowest BCUT2D eigenvalue weighted by Crippen LogP contribution is -2.50. The summed E-state index contributed by atoms with van der Waals surface area (Å²) in [7, 11) is 1.68. The number of nitrogens with zero attached hydrogens (tertiary/aromatic N) is 3. The van der Waals surface area contributed by atoms with Crippen LogP contribution >= 0.6 is 0 Å². The number of carbonyl (C=O) groups excluding carboxylic acids is 1. The van der Waals surface area contributed by atoms with Gasteiger partial charge in [-0.25, -0.2) is 0 Å². The van der Waals surface area contributed by atoms with Crippen molar-refractivity contribution in [3.05, 3.63) is 42.2 Å². The molecule has 1 atom stereocenters. The maximum Gasteiger partial charge on any atom is 0.230 e. The van der Waals surface area contributed by atoms with Crippen molar-refractivity contribution in [3.63, 3.8) is 0 Å². The fraction of sp³-hybridized carbons (Fsp3) is 0.524.